The highest BCUT2D eigenvalue weighted by molar-refractivity contribution is 7.87. The van der Waals surface area contributed by atoms with Crippen LogP contribution in [0.15, 0.2) is 0 Å². The summed E-state index contributed by atoms with van der Waals surface area (Å²) >= 11 is 0. The second-order valence-corrected chi connectivity index (χ2v) is 6.67. The van der Waals surface area contributed by atoms with Crippen molar-refractivity contribution in [3.63, 3.8) is 0 Å². The number of hydrogen-bond acceptors (Lipinski definition) is 4. The summed E-state index contributed by atoms with van der Waals surface area (Å²) in [7, 11) is -3.30. The molecule has 0 aliphatic carbocycles. The quantitative estimate of drug-likeness (QED) is 0.713. The van der Waals surface area contributed by atoms with Gasteiger partial charge in [0.2, 0.25) is 0 Å². The first-order valence-electron chi connectivity index (χ1n) is 6.72. The second-order valence-electron chi connectivity index (χ2n) is 4.91. The van der Waals surface area contributed by atoms with E-state index in [4.69, 9.17) is 4.74 Å². The smallest absolute Gasteiger partial charge is 0.279 e. The summed E-state index contributed by atoms with van der Waals surface area (Å²) in [6, 6.07) is 0. The van der Waals surface area contributed by atoms with Crippen molar-refractivity contribution in [2.75, 3.05) is 45.9 Å². The lowest BCUT2D eigenvalue weighted by molar-refractivity contribution is 0.0725. The van der Waals surface area contributed by atoms with Gasteiger partial charge in [0.15, 0.2) is 0 Å². The number of rotatable bonds is 5. The molecule has 2 heterocycles. The molecule has 1 unspecified atom stereocenters. The molecule has 0 radical (unpaired) electrons. The van der Waals surface area contributed by atoms with Crippen LogP contribution in [0.2, 0.25) is 0 Å². The maximum atomic E-state index is 12.0. The molecule has 0 saturated carbocycles. The van der Waals surface area contributed by atoms with Crippen molar-refractivity contribution in [3.05, 3.63) is 0 Å². The van der Waals surface area contributed by atoms with Crippen LogP contribution in [0.3, 0.4) is 0 Å². The van der Waals surface area contributed by atoms with Crippen molar-refractivity contribution >= 4 is 10.2 Å². The van der Waals surface area contributed by atoms with Crippen LogP contribution in [0, 0.1) is 5.92 Å². The highest BCUT2D eigenvalue weighted by Gasteiger charge is 2.24. The van der Waals surface area contributed by atoms with Gasteiger partial charge in [0.25, 0.3) is 10.2 Å². The van der Waals surface area contributed by atoms with Gasteiger partial charge < -0.3 is 10.1 Å². The molecule has 0 amide bonds. The van der Waals surface area contributed by atoms with Crippen LogP contribution in [0.25, 0.3) is 0 Å². The molecule has 1 atom stereocenters. The molecule has 18 heavy (non-hydrogen) atoms. The first-order chi connectivity index (χ1) is 8.68. The summed E-state index contributed by atoms with van der Waals surface area (Å²) in [4.78, 5) is 0. The van der Waals surface area contributed by atoms with Crippen LogP contribution in [0.1, 0.15) is 19.3 Å². The predicted octanol–water partition coefficient (Wildman–Crippen LogP) is -0.457. The minimum Gasteiger partial charge on any atom is -0.379 e. The van der Waals surface area contributed by atoms with Gasteiger partial charge in [0.1, 0.15) is 0 Å². The number of ether oxygens (including phenoxy) is 1. The third kappa shape index (κ3) is 4.17. The van der Waals surface area contributed by atoms with E-state index in [-0.39, 0.29) is 0 Å². The maximum absolute atomic E-state index is 12.0. The molecule has 7 heteroatoms. The van der Waals surface area contributed by atoms with Crippen molar-refractivity contribution in [1.29, 1.82) is 0 Å². The summed E-state index contributed by atoms with van der Waals surface area (Å²) in [6.45, 7) is 4.54. The van der Waals surface area contributed by atoms with Gasteiger partial charge in [0.05, 0.1) is 13.2 Å². The number of hydrogen-bond donors (Lipinski definition) is 2. The summed E-state index contributed by atoms with van der Waals surface area (Å²) < 4.78 is 33.3. The fraction of sp³-hybridized carbons (Fsp3) is 1.00. The lowest BCUT2D eigenvalue weighted by Gasteiger charge is -2.27. The van der Waals surface area contributed by atoms with E-state index >= 15 is 0 Å². The van der Waals surface area contributed by atoms with Crippen LogP contribution in [-0.4, -0.2) is 58.7 Å². The number of nitrogens with zero attached hydrogens (tertiary/aromatic N) is 1. The summed E-state index contributed by atoms with van der Waals surface area (Å²) in [6.07, 6.45) is 3.31. The predicted molar refractivity (Wildman–Crippen MR) is 69.5 cm³/mol. The van der Waals surface area contributed by atoms with Gasteiger partial charge in [0, 0.05) is 19.6 Å². The standard InChI is InChI=1S/C11H23N3O3S/c15-18(16,14-6-8-17-9-7-14)13-5-3-11-2-1-4-12-10-11/h11-13H,1-10H2. The zero-order valence-electron chi connectivity index (χ0n) is 10.7. The van der Waals surface area contributed by atoms with Crippen molar-refractivity contribution in [3.8, 4) is 0 Å². The molecule has 2 rings (SSSR count). The molecule has 2 fully saturated rings. The van der Waals surface area contributed by atoms with Gasteiger partial charge in [-0.25, -0.2) is 4.72 Å². The summed E-state index contributed by atoms with van der Waals surface area (Å²) in [5.74, 6) is 0.603. The third-order valence-electron chi connectivity index (χ3n) is 3.55. The van der Waals surface area contributed by atoms with E-state index in [2.05, 4.69) is 10.0 Å². The first kappa shape index (κ1) is 14.2. The SMILES string of the molecule is O=S(=O)(NCCC1CCCNC1)N1CCOCC1. The van der Waals surface area contributed by atoms with Gasteiger partial charge >= 0.3 is 0 Å². The molecule has 6 nitrogen and oxygen atoms in total. The molecular formula is C11H23N3O3S. The van der Waals surface area contributed by atoms with E-state index in [0.717, 1.165) is 19.5 Å². The van der Waals surface area contributed by atoms with Crippen molar-refractivity contribution in [2.24, 2.45) is 5.92 Å². The number of morpholine rings is 1. The molecule has 0 bridgehead atoms. The normalized spacial score (nSPS) is 27.2. The van der Waals surface area contributed by atoms with Crippen LogP contribution in [-0.2, 0) is 14.9 Å². The Labute approximate surface area is 109 Å². The van der Waals surface area contributed by atoms with Crippen molar-refractivity contribution < 1.29 is 13.2 Å². The second kappa shape index (κ2) is 6.81. The molecule has 0 aromatic heterocycles. The van der Waals surface area contributed by atoms with Crippen LogP contribution in [0.4, 0.5) is 0 Å². The van der Waals surface area contributed by atoms with Gasteiger partial charge in [-0.05, 0) is 38.3 Å². The Bertz CT molecular complexity index is 335. The van der Waals surface area contributed by atoms with Gasteiger partial charge in [-0.1, -0.05) is 0 Å². The van der Waals surface area contributed by atoms with Crippen LogP contribution >= 0.6 is 0 Å². The highest BCUT2D eigenvalue weighted by Crippen LogP contribution is 2.13. The molecule has 0 aromatic rings. The monoisotopic (exact) mass is 277 g/mol. The molecule has 106 valence electrons. The maximum Gasteiger partial charge on any atom is 0.279 e. The Morgan fingerprint density at radius 3 is 2.78 bits per heavy atom. The van der Waals surface area contributed by atoms with Crippen LogP contribution in [0.5, 0.6) is 0 Å². The first-order valence-corrected chi connectivity index (χ1v) is 8.16. The minimum absolute atomic E-state index is 0.459. The Balaban J connectivity index is 1.70. The Hall–Kier alpha value is -0.210. The third-order valence-corrected chi connectivity index (χ3v) is 5.16. The van der Waals surface area contributed by atoms with E-state index in [0.29, 0.717) is 38.8 Å². The number of nitrogens with one attached hydrogen (secondary N) is 2. The van der Waals surface area contributed by atoms with Gasteiger partial charge in [-0.15, -0.1) is 0 Å². The fourth-order valence-corrected chi connectivity index (χ4v) is 3.63. The van der Waals surface area contributed by atoms with E-state index in [1.54, 1.807) is 0 Å². The number of piperidine rings is 1. The Morgan fingerprint density at radius 1 is 1.33 bits per heavy atom. The van der Waals surface area contributed by atoms with Crippen molar-refractivity contribution in [2.45, 2.75) is 19.3 Å². The average Bonchev–Trinajstić information content (AvgIpc) is 2.41. The van der Waals surface area contributed by atoms with Crippen LogP contribution < -0.4 is 10.0 Å². The molecule has 2 saturated heterocycles. The Morgan fingerprint density at radius 2 is 2.11 bits per heavy atom. The average molecular weight is 277 g/mol. The zero-order valence-corrected chi connectivity index (χ0v) is 11.5. The molecular weight excluding hydrogens is 254 g/mol. The fourth-order valence-electron chi connectivity index (χ4n) is 2.44. The van der Waals surface area contributed by atoms with E-state index in [1.807, 2.05) is 0 Å². The van der Waals surface area contributed by atoms with Gasteiger partial charge in [-0.3, -0.25) is 0 Å². The van der Waals surface area contributed by atoms with E-state index < -0.39 is 10.2 Å². The Kier molecular flexibility index (Phi) is 5.38. The molecule has 2 aliphatic rings. The molecule has 0 aromatic carbocycles. The lowest BCUT2D eigenvalue weighted by atomic mass is 9.96. The minimum atomic E-state index is -3.30. The summed E-state index contributed by atoms with van der Waals surface area (Å²) in [5, 5.41) is 3.34. The lowest BCUT2D eigenvalue weighted by Crippen LogP contribution is -2.47. The van der Waals surface area contributed by atoms with E-state index in [9.17, 15) is 8.42 Å². The largest absolute Gasteiger partial charge is 0.379 e. The van der Waals surface area contributed by atoms with Gasteiger partial charge in [-0.2, -0.15) is 12.7 Å². The van der Waals surface area contributed by atoms with Crippen molar-refractivity contribution in [1.82, 2.24) is 14.3 Å². The highest BCUT2D eigenvalue weighted by atomic mass is 32.2. The zero-order chi connectivity index (χ0) is 12.8. The molecule has 2 N–H and O–H groups in total. The molecule has 0 spiro atoms. The summed E-state index contributed by atoms with van der Waals surface area (Å²) in [5.41, 5.74) is 0. The topological polar surface area (TPSA) is 70.7 Å². The van der Waals surface area contributed by atoms with E-state index in [1.165, 1.54) is 17.1 Å². The molecule has 2 aliphatic heterocycles.